The average molecular weight is 498 g/mol. The Morgan fingerprint density at radius 2 is 1.88 bits per heavy atom. The van der Waals surface area contributed by atoms with Crippen LogP contribution in [0.25, 0.3) is 5.57 Å². The van der Waals surface area contributed by atoms with Crippen molar-refractivity contribution in [1.29, 1.82) is 0 Å². The third-order valence-electron chi connectivity index (χ3n) is 5.59. The van der Waals surface area contributed by atoms with Crippen molar-refractivity contribution in [2.75, 3.05) is 32.8 Å². The number of nitrogens with zero attached hydrogens (tertiary/aromatic N) is 1. The Bertz CT molecular complexity index is 945. The van der Waals surface area contributed by atoms with Crippen molar-refractivity contribution >= 4 is 23.9 Å². The number of alkyl halides is 3. The molecule has 0 unspecified atom stereocenters. The zero-order valence-corrected chi connectivity index (χ0v) is 20.1. The molecule has 2 aromatic rings. The fourth-order valence-electron chi connectivity index (χ4n) is 3.75. The van der Waals surface area contributed by atoms with Crippen LogP contribution in [0.1, 0.15) is 42.9 Å². The molecule has 0 N–H and O–H groups in total. The zero-order chi connectivity index (χ0) is 23.7. The number of hydrogen-bond donors (Lipinski definition) is 0. The van der Waals surface area contributed by atoms with Gasteiger partial charge in [-0.1, -0.05) is 30.3 Å². The van der Waals surface area contributed by atoms with E-state index in [1.54, 1.807) is 13.0 Å². The van der Waals surface area contributed by atoms with Gasteiger partial charge in [-0.15, -0.1) is 12.4 Å². The van der Waals surface area contributed by atoms with Crippen LogP contribution in [0.2, 0.25) is 0 Å². The minimum atomic E-state index is -4.32. The van der Waals surface area contributed by atoms with Gasteiger partial charge in [0.25, 0.3) is 0 Å². The average Bonchev–Trinajstić information content (AvgIpc) is 2.81. The highest BCUT2D eigenvalue weighted by Gasteiger charge is 2.30. The number of hydrogen-bond acceptors (Lipinski definition) is 4. The summed E-state index contributed by atoms with van der Waals surface area (Å²) in [5.74, 6) is 0.570. The van der Waals surface area contributed by atoms with Crippen molar-refractivity contribution < 1.29 is 27.4 Å². The largest absolute Gasteiger partial charge is 0.494 e. The Balaban J connectivity index is 0.00000408. The minimum Gasteiger partial charge on any atom is -0.494 e. The van der Waals surface area contributed by atoms with Gasteiger partial charge in [-0.25, -0.2) is 0 Å². The number of halogens is 4. The lowest BCUT2D eigenvalue weighted by atomic mass is 9.97. The number of carbonyl (C=O) groups is 1. The van der Waals surface area contributed by atoms with Crippen molar-refractivity contribution in [1.82, 2.24) is 4.90 Å². The third kappa shape index (κ3) is 8.69. The summed E-state index contributed by atoms with van der Waals surface area (Å²) in [5, 5.41) is 0. The molecular weight excluding hydrogens is 467 g/mol. The van der Waals surface area contributed by atoms with E-state index in [9.17, 15) is 18.0 Å². The van der Waals surface area contributed by atoms with Crippen LogP contribution in [0.3, 0.4) is 0 Å². The lowest BCUT2D eigenvalue weighted by Crippen LogP contribution is -2.30. The smallest absolute Gasteiger partial charge is 0.416 e. The molecular formula is C26H31ClF3NO3. The normalized spacial score (nSPS) is 14.2. The molecule has 1 aliphatic heterocycles. The Morgan fingerprint density at radius 1 is 1.12 bits per heavy atom. The SMILES string of the molecule is CCOC(=O)CCCOc1ccc(CCN2CC=C(c3cccc(C(F)(F)F)c3)CC2)cc1.Cl. The lowest BCUT2D eigenvalue weighted by molar-refractivity contribution is -0.143. The summed E-state index contributed by atoms with van der Waals surface area (Å²) in [7, 11) is 0. The predicted molar refractivity (Wildman–Crippen MR) is 129 cm³/mol. The highest BCUT2D eigenvalue weighted by Crippen LogP contribution is 2.32. The van der Waals surface area contributed by atoms with Crippen molar-refractivity contribution in [2.24, 2.45) is 0 Å². The molecule has 0 radical (unpaired) electrons. The second-order valence-electron chi connectivity index (χ2n) is 8.01. The van der Waals surface area contributed by atoms with E-state index in [-0.39, 0.29) is 18.4 Å². The molecule has 0 saturated carbocycles. The number of ether oxygens (including phenoxy) is 2. The zero-order valence-electron chi connectivity index (χ0n) is 19.3. The maximum atomic E-state index is 13.0. The molecule has 186 valence electrons. The van der Waals surface area contributed by atoms with E-state index < -0.39 is 11.7 Å². The molecule has 0 amide bonds. The molecule has 2 aromatic carbocycles. The molecule has 0 bridgehead atoms. The molecule has 34 heavy (non-hydrogen) atoms. The Morgan fingerprint density at radius 3 is 2.53 bits per heavy atom. The summed E-state index contributed by atoms with van der Waals surface area (Å²) < 4.78 is 49.5. The highest BCUT2D eigenvalue weighted by molar-refractivity contribution is 5.85. The first-order valence-corrected chi connectivity index (χ1v) is 11.3. The van der Waals surface area contributed by atoms with Crippen LogP contribution in [-0.2, 0) is 22.1 Å². The summed E-state index contributed by atoms with van der Waals surface area (Å²) in [4.78, 5) is 13.6. The van der Waals surface area contributed by atoms with E-state index in [1.807, 2.05) is 30.3 Å². The molecule has 1 heterocycles. The first kappa shape index (κ1) is 27.7. The fraction of sp³-hybridized carbons (Fsp3) is 0.423. The topological polar surface area (TPSA) is 38.8 Å². The predicted octanol–water partition coefficient (Wildman–Crippen LogP) is 6.18. The second-order valence-corrected chi connectivity index (χ2v) is 8.01. The summed E-state index contributed by atoms with van der Waals surface area (Å²) in [6.07, 6.45) is 0.305. The number of esters is 1. The Labute approximate surface area is 205 Å². The summed E-state index contributed by atoms with van der Waals surface area (Å²) in [5.41, 5.74) is 2.22. The van der Waals surface area contributed by atoms with Crippen LogP contribution in [0.4, 0.5) is 13.2 Å². The fourth-order valence-corrected chi connectivity index (χ4v) is 3.75. The Kier molecular flexibility index (Phi) is 10.9. The first-order chi connectivity index (χ1) is 15.8. The van der Waals surface area contributed by atoms with Crippen molar-refractivity contribution in [3.63, 3.8) is 0 Å². The molecule has 0 saturated heterocycles. The number of carbonyl (C=O) groups excluding carboxylic acids is 1. The van der Waals surface area contributed by atoms with Gasteiger partial charge in [0.2, 0.25) is 0 Å². The van der Waals surface area contributed by atoms with Crippen LogP contribution in [0, 0.1) is 0 Å². The van der Waals surface area contributed by atoms with Crippen LogP contribution in [0.15, 0.2) is 54.6 Å². The van der Waals surface area contributed by atoms with E-state index in [0.29, 0.717) is 31.6 Å². The summed E-state index contributed by atoms with van der Waals surface area (Å²) >= 11 is 0. The van der Waals surface area contributed by atoms with E-state index in [4.69, 9.17) is 9.47 Å². The molecule has 8 heteroatoms. The van der Waals surface area contributed by atoms with Gasteiger partial charge in [-0.3, -0.25) is 9.69 Å². The third-order valence-corrected chi connectivity index (χ3v) is 5.59. The van der Waals surface area contributed by atoms with Crippen molar-refractivity contribution in [3.8, 4) is 5.75 Å². The van der Waals surface area contributed by atoms with E-state index in [0.717, 1.165) is 49.9 Å². The van der Waals surface area contributed by atoms with Crippen LogP contribution in [-0.4, -0.2) is 43.7 Å². The van der Waals surface area contributed by atoms with E-state index in [1.165, 1.54) is 17.7 Å². The van der Waals surface area contributed by atoms with Gasteiger partial charge in [0.15, 0.2) is 0 Å². The van der Waals surface area contributed by atoms with Crippen LogP contribution < -0.4 is 4.74 Å². The molecule has 0 atom stereocenters. The molecule has 0 aromatic heterocycles. The van der Waals surface area contributed by atoms with Gasteiger partial charge in [-0.05, 0) is 67.2 Å². The van der Waals surface area contributed by atoms with Gasteiger partial charge >= 0.3 is 12.1 Å². The quantitative estimate of drug-likeness (QED) is 0.290. The minimum absolute atomic E-state index is 0. The van der Waals surface area contributed by atoms with E-state index in [2.05, 4.69) is 4.90 Å². The van der Waals surface area contributed by atoms with Crippen LogP contribution in [0.5, 0.6) is 5.75 Å². The molecule has 3 rings (SSSR count). The standard InChI is InChI=1S/C26H30F3NO3.ClH/c1-2-32-25(31)7-4-18-33-24-10-8-20(9-11-24)12-15-30-16-13-21(14-17-30)22-5-3-6-23(19-22)26(27,28)29;/h3,5-6,8-11,13,19H,2,4,7,12,14-18H2,1H3;1H. The van der Waals surface area contributed by atoms with E-state index >= 15 is 0 Å². The summed E-state index contributed by atoms with van der Waals surface area (Å²) in [6, 6.07) is 13.5. The molecule has 0 fully saturated rings. The highest BCUT2D eigenvalue weighted by atomic mass is 35.5. The van der Waals surface area contributed by atoms with Gasteiger partial charge in [0.1, 0.15) is 5.75 Å². The van der Waals surface area contributed by atoms with Gasteiger partial charge in [-0.2, -0.15) is 13.2 Å². The second kappa shape index (κ2) is 13.4. The van der Waals surface area contributed by atoms with Gasteiger partial charge in [0, 0.05) is 26.1 Å². The first-order valence-electron chi connectivity index (χ1n) is 11.3. The molecule has 0 aliphatic carbocycles. The Hall–Kier alpha value is -2.51. The lowest BCUT2D eigenvalue weighted by Gasteiger charge is -2.26. The van der Waals surface area contributed by atoms with Gasteiger partial charge < -0.3 is 9.47 Å². The maximum absolute atomic E-state index is 13.0. The maximum Gasteiger partial charge on any atom is 0.416 e. The van der Waals surface area contributed by atoms with Crippen molar-refractivity contribution in [3.05, 3.63) is 71.3 Å². The molecule has 4 nitrogen and oxygen atoms in total. The number of benzene rings is 2. The van der Waals surface area contributed by atoms with Crippen LogP contribution >= 0.6 is 12.4 Å². The van der Waals surface area contributed by atoms with Gasteiger partial charge in [0.05, 0.1) is 18.8 Å². The number of rotatable bonds is 10. The molecule has 0 spiro atoms. The van der Waals surface area contributed by atoms with Crippen molar-refractivity contribution in [2.45, 2.75) is 38.8 Å². The monoisotopic (exact) mass is 497 g/mol. The summed E-state index contributed by atoms with van der Waals surface area (Å²) in [6.45, 7) is 5.08. The molecule has 1 aliphatic rings.